The molecule has 0 unspecified atom stereocenters. The third kappa shape index (κ3) is 5.33. The quantitative estimate of drug-likeness (QED) is 0.666. The predicted molar refractivity (Wildman–Crippen MR) is 95.0 cm³/mol. The van der Waals surface area contributed by atoms with Crippen molar-refractivity contribution in [2.45, 2.75) is 30.9 Å². The highest BCUT2D eigenvalue weighted by molar-refractivity contribution is 7.90. The fourth-order valence-corrected chi connectivity index (χ4v) is 3.98. The maximum Gasteiger partial charge on any atom is 0.415 e. The normalized spacial score (nSPS) is 18.1. The van der Waals surface area contributed by atoms with E-state index in [0.717, 1.165) is 0 Å². The average Bonchev–Trinajstić information content (AvgIpc) is 3.49. The Kier molecular flexibility index (Phi) is 5.85. The highest BCUT2D eigenvalue weighted by Gasteiger charge is 2.35. The van der Waals surface area contributed by atoms with Crippen molar-refractivity contribution in [3.8, 4) is 11.5 Å². The van der Waals surface area contributed by atoms with E-state index in [9.17, 15) is 18.0 Å². The number of aliphatic carboxylic acids is 1. The van der Waals surface area contributed by atoms with Gasteiger partial charge in [-0.1, -0.05) is 0 Å². The van der Waals surface area contributed by atoms with E-state index in [4.69, 9.17) is 14.6 Å². The number of hydrogen-bond donors (Lipinski definition) is 2. The third-order valence-corrected chi connectivity index (χ3v) is 6.46. The minimum Gasteiger partial charge on any atom is -0.481 e. The molecule has 9 nitrogen and oxygen atoms in total. The van der Waals surface area contributed by atoms with Crippen LogP contribution in [0.3, 0.4) is 0 Å². The van der Waals surface area contributed by atoms with Crippen LogP contribution in [0.5, 0.6) is 11.5 Å². The Morgan fingerprint density at radius 1 is 1.07 bits per heavy atom. The smallest absolute Gasteiger partial charge is 0.415 e. The first-order valence-electron chi connectivity index (χ1n) is 8.76. The average molecular weight is 398 g/mol. The fraction of sp³-hybridized carbons (Fsp3) is 0.529. The Morgan fingerprint density at radius 3 is 2.22 bits per heavy atom. The predicted octanol–water partition coefficient (Wildman–Crippen LogP) is 1.40. The Balaban J connectivity index is 1.43. The maximum absolute atomic E-state index is 12.1. The fourth-order valence-electron chi connectivity index (χ4n) is 2.77. The van der Waals surface area contributed by atoms with E-state index in [1.54, 1.807) is 24.3 Å². The minimum atomic E-state index is -3.29. The van der Waals surface area contributed by atoms with Crippen molar-refractivity contribution in [3.63, 3.8) is 0 Å². The standard InChI is InChI=1S/C17H22N2O7S/c20-16(21)12-7-9-19(10-8-12)17(22)26-14-3-1-13(2-4-14)25-11-18-27(23,24)15-5-6-15/h1-4,12,15,18H,5-11H2,(H,20,21). The zero-order valence-electron chi connectivity index (χ0n) is 14.7. The number of sulfonamides is 1. The number of nitrogens with one attached hydrogen (secondary N) is 1. The summed E-state index contributed by atoms with van der Waals surface area (Å²) in [6.45, 7) is 0.534. The van der Waals surface area contributed by atoms with Crippen LogP contribution in [0.15, 0.2) is 24.3 Å². The van der Waals surface area contributed by atoms with Gasteiger partial charge in [0.25, 0.3) is 0 Å². The van der Waals surface area contributed by atoms with Crippen LogP contribution in [0.1, 0.15) is 25.7 Å². The van der Waals surface area contributed by atoms with Gasteiger partial charge in [-0.3, -0.25) is 4.79 Å². The Hall–Kier alpha value is -2.33. The number of carbonyl (C=O) groups is 2. The summed E-state index contributed by atoms with van der Waals surface area (Å²) < 4.78 is 36.4. The summed E-state index contributed by atoms with van der Waals surface area (Å²) in [5.41, 5.74) is 0. The first-order chi connectivity index (χ1) is 12.8. The number of hydrogen-bond acceptors (Lipinski definition) is 6. The lowest BCUT2D eigenvalue weighted by atomic mass is 9.97. The van der Waals surface area contributed by atoms with E-state index in [1.807, 2.05) is 0 Å². The van der Waals surface area contributed by atoms with Crippen LogP contribution in [0.25, 0.3) is 0 Å². The number of amides is 1. The second-order valence-electron chi connectivity index (χ2n) is 6.62. The van der Waals surface area contributed by atoms with Crippen molar-refractivity contribution < 1.29 is 32.6 Å². The molecule has 1 aromatic carbocycles. The van der Waals surface area contributed by atoms with Gasteiger partial charge in [0, 0.05) is 13.1 Å². The summed E-state index contributed by atoms with van der Waals surface area (Å²) in [4.78, 5) is 24.5. The Bertz CT molecular complexity index is 782. The number of nitrogens with zero attached hydrogens (tertiary/aromatic N) is 1. The molecule has 0 radical (unpaired) electrons. The number of carboxylic acid groups (broad SMARTS) is 1. The van der Waals surface area contributed by atoms with Crippen LogP contribution < -0.4 is 14.2 Å². The van der Waals surface area contributed by atoms with Crippen molar-refractivity contribution in [1.29, 1.82) is 0 Å². The summed E-state index contributed by atoms with van der Waals surface area (Å²) in [5, 5.41) is 8.67. The molecule has 1 aliphatic carbocycles. The SMILES string of the molecule is O=C(O)C1CCN(C(=O)Oc2ccc(OCNS(=O)(=O)C3CC3)cc2)CC1. The summed E-state index contributed by atoms with van der Waals surface area (Å²) >= 11 is 0. The van der Waals surface area contributed by atoms with Crippen LogP contribution in [0.4, 0.5) is 4.79 Å². The van der Waals surface area contributed by atoms with Crippen LogP contribution in [0, 0.1) is 5.92 Å². The number of carboxylic acids is 1. The highest BCUT2D eigenvalue weighted by atomic mass is 32.2. The topological polar surface area (TPSA) is 122 Å². The summed E-state index contributed by atoms with van der Waals surface area (Å²) in [5.74, 6) is -0.484. The molecule has 3 rings (SSSR count). The third-order valence-electron chi connectivity index (χ3n) is 4.59. The van der Waals surface area contributed by atoms with Gasteiger partial charge in [-0.15, -0.1) is 0 Å². The molecule has 1 heterocycles. The van der Waals surface area contributed by atoms with E-state index in [2.05, 4.69) is 4.72 Å². The molecule has 2 N–H and O–H groups in total. The number of ether oxygens (including phenoxy) is 2. The molecule has 148 valence electrons. The Labute approximate surface area is 157 Å². The van der Waals surface area contributed by atoms with Gasteiger partial charge in [0.2, 0.25) is 10.0 Å². The number of piperidine rings is 1. The van der Waals surface area contributed by atoms with E-state index in [0.29, 0.717) is 50.3 Å². The minimum absolute atomic E-state index is 0.156. The molecule has 1 saturated carbocycles. The molecule has 0 atom stereocenters. The van der Waals surface area contributed by atoms with Crippen LogP contribution in [-0.2, 0) is 14.8 Å². The largest absolute Gasteiger partial charge is 0.481 e. The van der Waals surface area contributed by atoms with Gasteiger partial charge in [-0.25, -0.2) is 13.2 Å². The zero-order chi connectivity index (χ0) is 19.4. The lowest BCUT2D eigenvalue weighted by molar-refractivity contribution is -0.143. The van der Waals surface area contributed by atoms with E-state index in [1.165, 1.54) is 4.90 Å². The number of benzene rings is 1. The van der Waals surface area contributed by atoms with Gasteiger partial charge in [-0.05, 0) is 49.9 Å². The molecule has 0 bridgehead atoms. The van der Waals surface area contributed by atoms with E-state index in [-0.39, 0.29) is 12.0 Å². The van der Waals surface area contributed by atoms with Crippen molar-refractivity contribution in [3.05, 3.63) is 24.3 Å². The van der Waals surface area contributed by atoms with Gasteiger partial charge in [0.1, 0.15) is 11.5 Å². The number of rotatable bonds is 7. The number of carbonyl (C=O) groups excluding carboxylic acids is 1. The first-order valence-corrected chi connectivity index (χ1v) is 10.3. The molecule has 1 amide bonds. The second kappa shape index (κ2) is 8.13. The molecule has 1 aliphatic heterocycles. The van der Waals surface area contributed by atoms with Gasteiger partial charge < -0.3 is 19.5 Å². The molecule has 2 fully saturated rings. The van der Waals surface area contributed by atoms with Crippen molar-refractivity contribution >= 4 is 22.1 Å². The second-order valence-corrected chi connectivity index (χ2v) is 8.66. The van der Waals surface area contributed by atoms with Crippen molar-refractivity contribution in [1.82, 2.24) is 9.62 Å². The molecule has 27 heavy (non-hydrogen) atoms. The van der Waals surface area contributed by atoms with Crippen LogP contribution in [-0.4, -0.2) is 55.6 Å². The molecular formula is C17H22N2O7S. The van der Waals surface area contributed by atoms with Gasteiger partial charge in [0.15, 0.2) is 6.73 Å². The molecule has 1 saturated heterocycles. The Morgan fingerprint density at radius 2 is 1.67 bits per heavy atom. The van der Waals surface area contributed by atoms with Crippen LogP contribution in [0.2, 0.25) is 0 Å². The molecular weight excluding hydrogens is 376 g/mol. The first kappa shape index (κ1) is 19.4. The van der Waals surface area contributed by atoms with Crippen molar-refractivity contribution in [2.24, 2.45) is 5.92 Å². The van der Waals surface area contributed by atoms with Gasteiger partial charge in [-0.2, -0.15) is 4.72 Å². The summed E-state index contributed by atoms with van der Waals surface area (Å²) in [6.07, 6.45) is 1.67. The zero-order valence-corrected chi connectivity index (χ0v) is 15.5. The lowest BCUT2D eigenvalue weighted by Gasteiger charge is -2.29. The van der Waals surface area contributed by atoms with Crippen molar-refractivity contribution in [2.75, 3.05) is 19.8 Å². The van der Waals surface area contributed by atoms with Crippen LogP contribution >= 0.6 is 0 Å². The molecule has 10 heteroatoms. The molecule has 0 aromatic heterocycles. The highest BCUT2D eigenvalue weighted by Crippen LogP contribution is 2.27. The van der Waals surface area contributed by atoms with Gasteiger partial charge >= 0.3 is 12.1 Å². The lowest BCUT2D eigenvalue weighted by Crippen LogP contribution is -2.41. The number of likely N-dealkylation sites (tertiary alicyclic amines) is 1. The monoisotopic (exact) mass is 398 g/mol. The molecule has 1 aromatic rings. The van der Waals surface area contributed by atoms with E-state index < -0.39 is 28.0 Å². The molecule has 0 spiro atoms. The van der Waals surface area contributed by atoms with E-state index >= 15 is 0 Å². The maximum atomic E-state index is 12.1. The van der Waals surface area contributed by atoms with Gasteiger partial charge in [0.05, 0.1) is 11.2 Å². The molecule has 2 aliphatic rings. The summed E-state index contributed by atoms with van der Waals surface area (Å²) in [7, 11) is -3.29. The summed E-state index contributed by atoms with van der Waals surface area (Å²) in [6, 6.07) is 6.24.